The van der Waals surface area contributed by atoms with Gasteiger partial charge < -0.3 is 9.84 Å². The van der Waals surface area contributed by atoms with Crippen LogP contribution >= 0.6 is 11.3 Å². The molecule has 1 unspecified atom stereocenters. The topological polar surface area (TPSA) is 29.5 Å². The van der Waals surface area contributed by atoms with Gasteiger partial charge in [0.2, 0.25) is 0 Å². The number of aliphatic hydroxyl groups excluding tert-OH is 1. The summed E-state index contributed by atoms with van der Waals surface area (Å²) in [6, 6.07) is 9.82. The van der Waals surface area contributed by atoms with E-state index in [9.17, 15) is 9.50 Å². The number of thiophene rings is 1. The number of halogens is 1. The first-order chi connectivity index (χ1) is 8.24. The van der Waals surface area contributed by atoms with Crippen molar-refractivity contribution in [1.82, 2.24) is 0 Å². The van der Waals surface area contributed by atoms with Crippen molar-refractivity contribution in [2.24, 2.45) is 0 Å². The summed E-state index contributed by atoms with van der Waals surface area (Å²) in [5, 5.41) is 11.7. The van der Waals surface area contributed by atoms with Gasteiger partial charge in [-0.3, -0.25) is 0 Å². The molecule has 1 N–H and O–H groups in total. The highest BCUT2D eigenvalue weighted by Gasteiger charge is 2.07. The van der Waals surface area contributed by atoms with Crippen LogP contribution in [0.25, 0.3) is 0 Å². The Labute approximate surface area is 103 Å². The summed E-state index contributed by atoms with van der Waals surface area (Å²) in [5.74, 6) is 0.102. The second kappa shape index (κ2) is 5.80. The largest absolute Gasteiger partial charge is 0.491 e. The van der Waals surface area contributed by atoms with Crippen molar-refractivity contribution >= 4 is 11.3 Å². The lowest BCUT2D eigenvalue weighted by Crippen LogP contribution is -2.19. The summed E-state index contributed by atoms with van der Waals surface area (Å²) in [7, 11) is 0. The molecule has 90 valence electrons. The van der Waals surface area contributed by atoms with Crippen LogP contribution in [0.3, 0.4) is 0 Å². The van der Waals surface area contributed by atoms with E-state index in [4.69, 9.17) is 4.74 Å². The maximum atomic E-state index is 12.9. The number of ether oxygens (including phenoxy) is 1. The van der Waals surface area contributed by atoms with Crippen molar-refractivity contribution < 1.29 is 14.2 Å². The van der Waals surface area contributed by atoms with Crippen LogP contribution in [0, 0.1) is 5.82 Å². The monoisotopic (exact) mass is 252 g/mol. The Balaban J connectivity index is 1.82. The molecule has 0 bridgehead atoms. The summed E-state index contributed by atoms with van der Waals surface area (Å²) < 4.78 is 18.2. The first-order valence-corrected chi connectivity index (χ1v) is 6.21. The molecule has 0 saturated carbocycles. The molecule has 2 nitrogen and oxygen atoms in total. The van der Waals surface area contributed by atoms with Gasteiger partial charge in [-0.15, -0.1) is 11.3 Å². The molecule has 2 rings (SSSR count). The van der Waals surface area contributed by atoms with Crippen molar-refractivity contribution in [3.05, 3.63) is 52.5 Å². The summed E-state index contributed by atoms with van der Waals surface area (Å²) in [6.07, 6.45) is -0.00982. The molecule has 0 aliphatic heterocycles. The van der Waals surface area contributed by atoms with E-state index in [0.29, 0.717) is 12.2 Å². The molecule has 4 heteroatoms. The van der Waals surface area contributed by atoms with Gasteiger partial charge in [-0.1, -0.05) is 12.1 Å². The maximum absolute atomic E-state index is 12.9. The molecule has 0 radical (unpaired) electrons. The number of hydrogen-bond acceptors (Lipinski definition) is 3. The Bertz CT molecular complexity index is 456. The Morgan fingerprint density at radius 3 is 2.88 bits per heavy atom. The third kappa shape index (κ3) is 3.84. The molecular formula is C13H13FO2S. The Kier molecular flexibility index (Phi) is 4.12. The molecule has 0 aliphatic rings. The first-order valence-electron chi connectivity index (χ1n) is 5.33. The molecule has 1 aromatic carbocycles. The van der Waals surface area contributed by atoms with Crippen LogP contribution in [-0.4, -0.2) is 17.8 Å². The third-order valence-corrected chi connectivity index (χ3v) is 3.15. The maximum Gasteiger partial charge on any atom is 0.126 e. The molecule has 0 spiro atoms. The highest BCUT2D eigenvalue weighted by molar-refractivity contribution is 7.09. The molecule has 2 aromatic rings. The minimum absolute atomic E-state index is 0.168. The Morgan fingerprint density at radius 2 is 2.18 bits per heavy atom. The fourth-order valence-corrected chi connectivity index (χ4v) is 2.25. The van der Waals surface area contributed by atoms with Gasteiger partial charge in [0, 0.05) is 17.4 Å². The van der Waals surface area contributed by atoms with Crippen molar-refractivity contribution in [2.75, 3.05) is 6.61 Å². The highest BCUT2D eigenvalue weighted by Crippen LogP contribution is 2.14. The van der Waals surface area contributed by atoms with Crippen molar-refractivity contribution in [3.63, 3.8) is 0 Å². The molecular weight excluding hydrogens is 239 g/mol. The van der Waals surface area contributed by atoms with Crippen LogP contribution in [0.15, 0.2) is 41.8 Å². The smallest absolute Gasteiger partial charge is 0.126 e. The fourth-order valence-electron chi connectivity index (χ4n) is 1.47. The summed E-state index contributed by atoms with van der Waals surface area (Å²) in [6.45, 7) is 0.168. The van der Waals surface area contributed by atoms with E-state index in [1.807, 2.05) is 17.5 Å². The Morgan fingerprint density at radius 1 is 1.29 bits per heavy atom. The van der Waals surface area contributed by atoms with Gasteiger partial charge in [-0.25, -0.2) is 4.39 Å². The zero-order valence-electron chi connectivity index (χ0n) is 9.17. The Hall–Kier alpha value is -1.39. The molecule has 1 aromatic heterocycles. The van der Waals surface area contributed by atoms with E-state index in [2.05, 4.69) is 0 Å². The molecule has 1 heterocycles. The van der Waals surface area contributed by atoms with Crippen LogP contribution < -0.4 is 4.74 Å². The van der Waals surface area contributed by atoms with Crippen LogP contribution in [0.5, 0.6) is 5.75 Å². The zero-order chi connectivity index (χ0) is 12.1. The van der Waals surface area contributed by atoms with Crippen LogP contribution in [-0.2, 0) is 6.42 Å². The van der Waals surface area contributed by atoms with E-state index >= 15 is 0 Å². The minimum Gasteiger partial charge on any atom is -0.491 e. The number of benzene rings is 1. The first kappa shape index (κ1) is 12.1. The normalized spacial score (nSPS) is 12.4. The van der Waals surface area contributed by atoms with Crippen LogP contribution in [0.1, 0.15) is 4.88 Å². The van der Waals surface area contributed by atoms with E-state index in [1.165, 1.54) is 12.1 Å². The van der Waals surface area contributed by atoms with Gasteiger partial charge >= 0.3 is 0 Å². The standard InChI is InChI=1S/C13H13FO2S/c14-10-3-1-4-12(7-10)16-9-11(15)8-13-5-2-6-17-13/h1-7,11,15H,8-9H2. The molecule has 0 aliphatic carbocycles. The number of aliphatic hydroxyl groups is 1. The number of rotatable bonds is 5. The van der Waals surface area contributed by atoms with Gasteiger partial charge in [-0.2, -0.15) is 0 Å². The summed E-state index contributed by atoms with van der Waals surface area (Å²) in [5.41, 5.74) is 0. The fraction of sp³-hybridized carbons (Fsp3) is 0.231. The minimum atomic E-state index is -0.572. The van der Waals surface area contributed by atoms with E-state index in [-0.39, 0.29) is 12.4 Å². The quantitative estimate of drug-likeness (QED) is 0.886. The van der Waals surface area contributed by atoms with Gasteiger partial charge in [-0.05, 0) is 23.6 Å². The molecule has 17 heavy (non-hydrogen) atoms. The van der Waals surface area contributed by atoms with Gasteiger partial charge in [0.15, 0.2) is 0 Å². The number of hydrogen-bond donors (Lipinski definition) is 1. The van der Waals surface area contributed by atoms with Crippen LogP contribution in [0.4, 0.5) is 4.39 Å². The van der Waals surface area contributed by atoms with Crippen molar-refractivity contribution in [2.45, 2.75) is 12.5 Å². The average Bonchev–Trinajstić information content (AvgIpc) is 2.79. The van der Waals surface area contributed by atoms with E-state index in [1.54, 1.807) is 23.5 Å². The van der Waals surface area contributed by atoms with E-state index < -0.39 is 6.10 Å². The predicted molar refractivity (Wildman–Crippen MR) is 65.9 cm³/mol. The lowest BCUT2D eigenvalue weighted by atomic mass is 10.2. The van der Waals surface area contributed by atoms with Gasteiger partial charge in [0.1, 0.15) is 18.2 Å². The summed E-state index contributed by atoms with van der Waals surface area (Å²) in [4.78, 5) is 1.11. The zero-order valence-corrected chi connectivity index (χ0v) is 9.99. The molecule has 0 fully saturated rings. The highest BCUT2D eigenvalue weighted by atomic mass is 32.1. The lowest BCUT2D eigenvalue weighted by molar-refractivity contribution is 0.108. The van der Waals surface area contributed by atoms with Crippen LogP contribution in [0.2, 0.25) is 0 Å². The molecule has 1 atom stereocenters. The third-order valence-electron chi connectivity index (χ3n) is 2.26. The second-order valence-electron chi connectivity index (χ2n) is 3.71. The molecule has 0 amide bonds. The van der Waals surface area contributed by atoms with Crippen molar-refractivity contribution in [1.29, 1.82) is 0 Å². The SMILES string of the molecule is OC(COc1cccc(F)c1)Cc1cccs1. The predicted octanol–water partition coefficient (Wildman–Crippen LogP) is 2.87. The van der Waals surface area contributed by atoms with E-state index in [0.717, 1.165) is 4.88 Å². The van der Waals surface area contributed by atoms with Gasteiger partial charge in [0.05, 0.1) is 6.10 Å². The molecule has 0 saturated heterocycles. The van der Waals surface area contributed by atoms with Crippen molar-refractivity contribution in [3.8, 4) is 5.75 Å². The summed E-state index contributed by atoms with van der Waals surface area (Å²) >= 11 is 1.60. The lowest BCUT2D eigenvalue weighted by Gasteiger charge is -2.11. The average molecular weight is 252 g/mol. The van der Waals surface area contributed by atoms with Gasteiger partial charge in [0.25, 0.3) is 0 Å². The second-order valence-corrected chi connectivity index (χ2v) is 4.74.